The van der Waals surface area contributed by atoms with E-state index >= 15 is 0 Å². The Hall–Kier alpha value is -3.36. The van der Waals surface area contributed by atoms with Crippen LogP contribution in [-0.4, -0.2) is 52.4 Å². The van der Waals surface area contributed by atoms with Crippen LogP contribution in [0, 0.1) is 0 Å². The van der Waals surface area contributed by atoms with E-state index in [4.69, 9.17) is 17.3 Å². The number of likely N-dealkylation sites (tertiary alicyclic amines) is 1. The lowest BCUT2D eigenvalue weighted by Crippen LogP contribution is -2.38. The second-order valence-corrected chi connectivity index (χ2v) is 9.99. The number of aromatic carboxylic acids is 1. The van der Waals surface area contributed by atoms with Gasteiger partial charge in [-0.3, -0.25) is 9.59 Å². The Balaban J connectivity index is 1.39. The molecule has 5 N–H and O–H groups in total. The summed E-state index contributed by atoms with van der Waals surface area (Å²) in [5, 5.41) is 13.1. The summed E-state index contributed by atoms with van der Waals surface area (Å²) in [6, 6.07) is 10.9. The molecule has 1 aromatic heterocycles. The standard InChI is InChI=1S/C26H27ClN4O4/c27-17-7-8-19-18(13-17)20(22(29-19)25(34)35)21(23(28)32)30-24(33)15-3-5-16(6-4-15)26(9-10-26)14-31-11-1-2-12-31/h3-8,13,21,29H,1-2,9-12,14H2,(H2,28,32)(H,30,33)(H,34,35). The molecule has 2 amide bonds. The van der Waals surface area contributed by atoms with Crippen LogP contribution in [0.1, 0.15) is 63.7 Å². The van der Waals surface area contributed by atoms with Gasteiger partial charge in [-0.05, 0) is 74.7 Å². The molecule has 3 aromatic rings. The number of nitrogens with two attached hydrogens (primary N) is 1. The summed E-state index contributed by atoms with van der Waals surface area (Å²) in [5.74, 6) is -2.66. The third kappa shape index (κ3) is 4.51. The summed E-state index contributed by atoms with van der Waals surface area (Å²) in [6.07, 6.45) is 4.78. The maximum atomic E-state index is 13.1. The van der Waals surface area contributed by atoms with E-state index in [1.807, 2.05) is 12.1 Å². The number of rotatable bonds is 8. The van der Waals surface area contributed by atoms with Crippen LogP contribution in [0.25, 0.3) is 10.9 Å². The molecule has 1 aliphatic heterocycles. The van der Waals surface area contributed by atoms with Crippen molar-refractivity contribution in [3.8, 4) is 0 Å². The van der Waals surface area contributed by atoms with Gasteiger partial charge >= 0.3 is 5.97 Å². The first-order chi connectivity index (χ1) is 16.8. The van der Waals surface area contributed by atoms with Gasteiger partial charge in [0, 0.05) is 39.0 Å². The number of carbonyl (C=O) groups excluding carboxylic acids is 2. The highest BCUT2D eigenvalue weighted by molar-refractivity contribution is 6.31. The average molecular weight is 495 g/mol. The minimum Gasteiger partial charge on any atom is -0.477 e. The average Bonchev–Trinajstić information content (AvgIpc) is 3.24. The predicted octanol–water partition coefficient (Wildman–Crippen LogP) is 3.60. The lowest BCUT2D eigenvalue weighted by atomic mass is 9.94. The van der Waals surface area contributed by atoms with Gasteiger partial charge in [-0.25, -0.2) is 4.79 Å². The van der Waals surface area contributed by atoms with E-state index in [1.54, 1.807) is 30.3 Å². The number of nitrogens with one attached hydrogen (secondary N) is 2. The Morgan fingerprint density at radius 3 is 2.40 bits per heavy atom. The van der Waals surface area contributed by atoms with Crippen molar-refractivity contribution >= 4 is 40.3 Å². The van der Waals surface area contributed by atoms with Crippen LogP contribution < -0.4 is 11.1 Å². The molecule has 1 aliphatic carbocycles. The van der Waals surface area contributed by atoms with Crippen molar-refractivity contribution in [2.24, 2.45) is 5.73 Å². The summed E-state index contributed by atoms with van der Waals surface area (Å²) in [5.41, 5.74) is 7.69. The molecule has 9 heteroatoms. The summed E-state index contributed by atoms with van der Waals surface area (Å²) < 4.78 is 0. The number of hydrogen-bond acceptors (Lipinski definition) is 4. The fraction of sp³-hybridized carbons (Fsp3) is 0.346. The van der Waals surface area contributed by atoms with E-state index < -0.39 is 23.8 Å². The molecule has 35 heavy (non-hydrogen) atoms. The van der Waals surface area contributed by atoms with Crippen LogP contribution in [0.3, 0.4) is 0 Å². The molecule has 1 unspecified atom stereocenters. The van der Waals surface area contributed by atoms with E-state index in [1.165, 1.54) is 18.4 Å². The Morgan fingerprint density at radius 1 is 1.11 bits per heavy atom. The van der Waals surface area contributed by atoms with Crippen molar-refractivity contribution in [1.82, 2.24) is 15.2 Å². The van der Waals surface area contributed by atoms with Crippen LogP contribution in [0.4, 0.5) is 0 Å². The summed E-state index contributed by atoms with van der Waals surface area (Å²) >= 11 is 6.11. The Morgan fingerprint density at radius 2 is 1.80 bits per heavy atom. The number of hydrogen-bond donors (Lipinski definition) is 4. The first kappa shape index (κ1) is 23.4. The quantitative estimate of drug-likeness (QED) is 0.380. The molecule has 0 bridgehead atoms. The normalized spacial score (nSPS) is 17.9. The zero-order valence-electron chi connectivity index (χ0n) is 19.1. The molecule has 2 fully saturated rings. The maximum absolute atomic E-state index is 13.1. The molecule has 2 heterocycles. The van der Waals surface area contributed by atoms with E-state index in [2.05, 4.69) is 15.2 Å². The minimum absolute atomic E-state index is 0.0787. The van der Waals surface area contributed by atoms with E-state index in [0.717, 1.165) is 32.5 Å². The zero-order valence-corrected chi connectivity index (χ0v) is 19.9. The van der Waals surface area contributed by atoms with Crippen molar-refractivity contribution in [2.45, 2.75) is 37.1 Å². The van der Waals surface area contributed by atoms with Crippen molar-refractivity contribution in [3.63, 3.8) is 0 Å². The van der Waals surface area contributed by atoms with Crippen molar-refractivity contribution in [2.75, 3.05) is 19.6 Å². The van der Waals surface area contributed by atoms with E-state index in [0.29, 0.717) is 21.5 Å². The molecule has 2 aromatic carbocycles. The number of H-pyrrole nitrogens is 1. The summed E-state index contributed by atoms with van der Waals surface area (Å²) in [7, 11) is 0. The molecule has 1 saturated heterocycles. The molecule has 2 aliphatic rings. The third-order valence-corrected chi connectivity index (χ3v) is 7.44. The van der Waals surface area contributed by atoms with E-state index in [-0.39, 0.29) is 16.7 Å². The molecule has 0 spiro atoms. The largest absolute Gasteiger partial charge is 0.477 e. The van der Waals surface area contributed by atoms with E-state index in [9.17, 15) is 19.5 Å². The Bertz CT molecular complexity index is 1310. The molecule has 8 nitrogen and oxygen atoms in total. The van der Waals surface area contributed by atoms with Gasteiger partial charge in [0.15, 0.2) is 0 Å². The number of aromatic nitrogens is 1. The van der Waals surface area contributed by atoms with Gasteiger partial charge in [0.1, 0.15) is 11.7 Å². The first-order valence-corrected chi connectivity index (χ1v) is 12.1. The molecule has 1 saturated carbocycles. The molecule has 1 atom stereocenters. The number of carboxylic acids is 1. The molecule has 5 rings (SSSR count). The lowest BCUT2D eigenvalue weighted by molar-refractivity contribution is -0.119. The van der Waals surface area contributed by atoms with Crippen LogP contribution in [0.2, 0.25) is 5.02 Å². The molecule has 182 valence electrons. The second-order valence-electron chi connectivity index (χ2n) is 9.56. The van der Waals surface area contributed by atoms with Crippen LogP contribution in [-0.2, 0) is 10.2 Å². The van der Waals surface area contributed by atoms with Gasteiger partial charge < -0.3 is 26.0 Å². The number of fused-ring (bicyclic) bond motifs is 1. The minimum atomic E-state index is -1.36. The van der Waals surface area contributed by atoms with Crippen molar-refractivity contribution in [1.29, 1.82) is 0 Å². The number of nitrogens with zero attached hydrogens (tertiary/aromatic N) is 1. The fourth-order valence-electron chi connectivity index (χ4n) is 5.19. The summed E-state index contributed by atoms with van der Waals surface area (Å²) in [6.45, 7) is 3.34. The molecular formula is C26H27ClN4O4. The number of halogens is 1. The van der Waals surface area contributed by atoms with Crippen molar-refractivity contribution < 1.29 is 19.5 Å². The van der Waals surface area contributed by atoms with Gasteiger partial charge in [0.2, 0.25) is 5.91 Å². The number of carbonyl (C=O) groups is 3. The first-order valence-electron chi connectivity index (χ1n) is 11.7. The highest BCUT2D eigenvalue weighted by Gasteiger charge is 2.45. The Labute approximate surface area is 207 Å². The third-order valence-electron chi connectivity index (χ3n) is 7.20. The monoisotopic (exact) mass is 494 g/mol. The van der Waals surface area contributed by atoms with Gasteiger partial charge in [-0.1, -0.05) is 23.7 Å². The van der Waals surface area contributed by atoms with Gasteiger partial charge in [-0.15, -0.1) is 0 Å². The topological polar surface area (TPSA) is 129 Å². The highest BCUT2D eigenvalue weighted by Crippen LogP contribution is 2.49. The predicted molar refractivity (Wildman–Crippen MR) is 133 cm³/mol. The number of carboxylic acid groups (broad SMARTS) is 1. The number of aromatic amines is 1. The molecular weight excluding hydrogens is 468 g/mol. The summed E-state index contributed by atoms with van der Waals surface area (Å²) in [4.78, 5) is 42.7. The SMILES string of the molecule is NC(=O)C(NC(=O)c1ccc(C2(CN3CCCC3)CC2)cc1)c1c(C(=O)O)[nH]c2ccc(Cl)cc12. The van der Waals surface area contributed by atoms with Gasteiger partial charge in [-0.2, -0.15) is 0 Å². The number of primary amides is 1. The van der Waals surface area contributed by atoms with Crippen LogP contribution >= 0.6 is 11.6 Å². The fourth-order valence-corrected chi connectivity index (χ4v) is 5.36. The second kappa shape index (κ2) is 9.02. The van der Waals surface area contributed by atoms with Crippen LogP contribution in [0.15, 0.2) is 42.5 Å². The Kier molecular flexibility index (Phi) is 6.02. The zero-order chi connectivity index (χ0) is 24.7. The highest BCUT2D eigenvalue weighted by atomic mass is 35.5. The lowest BCUT2D eigenvalue weighted by Gasteiger charge is -2.23. The maximum Gasteiger partial charge on any atom is 0.352 e. The van der Waals surface area contributed by atoms with Gasteiger partial charge in [0.25, 0.3) is 5.91 Å². The van der Waals surface area contributed by atoms with Crippen molar-refractivity contribution in [3.05, 3.63) is 69.9 Å². The number of amides is 2. The van der Waals surface area contributed by atoms with Gasteiger partial charge in [0.05, 0.1) is 0 Å². The van der Waals surface area contributed by atoms with Crippen LogP contribution in [0.5, 0.6) is 0 Å². The smallest absolute Gasteiger partial charge is 0.352 e. The molecule has 0 radical (unpaired) electrons. The number of benzene rings is 2.